The minimum absolute atomic E-state index is 0.482. The lowest BCUT2D eigenvalue weighted by Gasteiger charge is -2.11. The van der Waals surface area contributed by atoms with Gasteiger partial charge in [-0.2, -0.15) is 8.42 Å². The molecule has 0 fully saturated rings. The SMILES string of the molecule is CC(c1cccc(Oc2ccccc2)c1)S(=O)(=O)O. The molecule has 100 valence electrons. The molecular formula is C14H14O4S. The molecule has 0 saturated carbocycles. The normalized spacial score (nSPS) is 12.9. The third kappa shape index (κ3) is 3.56. The number of para-hydroxylation sites is 1. The molecule has 0 aliphatic rings. The van der Waals surface area contributed by atoms with Crippen molar-refractivity contribution in [3.63, 3.8) is 0 Å². The summed E-state index contributed by atoms with van der Waals surface area (Å²) in [5.41, 5.74) is 0.482. The van der Waals surface area contributed by atoms with Crippen molar-refractivity contribution in [2.24, 2.45) is 0 Å². The summed E-state index contributed by atoms with van der Waals surface area (Å²) in [6.07, 6.45) is 0. The summed E-state index contributed by atoms with van der Waals surface area (Å²) in [5.74, 6) is 1.19. The Hall–Kier alpha value is -1.85. The average molecular weight is 278 g/mol. The molecule has 0 spiro atoms. The number of benzene rings is 2. The van der Waals surface area contributed by atoms with E-state index in [2.05, 4.69) is 0 Å². The standard InChI is InChI=1S/C14H14O4S/c1-11(19(15,16)17)12-6-5-9-14(10-12)18-13-7-3-2-4-8-13/h2-11H,1H3,(H,15,16,17). The largest absolute Gasteiger partial charge is 0.457 e. The molecule has 0 saturated heterocycles. The van der Waals surface area contributed by atoms with Crippen molar-refractivity contribution in [3.05, 3.63) is 60.2 Å². The lowest BCUT2D eigenvalue weighted by atomic mass is 10.1. The van der Waals surface area contributed by atoms with Gasteiger partial charge in [0.25, 0.3) is 10.1 Å². The Kier molecular flexibility index (Phi) is 3.87. The third-order valence-corrected chi connectivity index (χ3v) is 3.92. The molecule has 0 aromatic heterocycles. The molecule has 0 bridgehead atoms. The van der Waals surface area contributed by atoms with Crippen LogP contribution < -0.4 is 4.74 Å². The Bertz CT molecular complexity index is 650. The van der Waals surface area contributed by atoms with E-state index in [1.54, 1.807) is 36.4 Å². The highest BCUT2D eigenvalue weighted by Crippen LogP contribution is 2.27. The van der Waals surface area contributed by atoms with Crippen molar-refractivity contribution in [1.29, 1.82) is 0 Å². The maximum Gasteiger partial charge on any atom is 0.271 e. The molecule has 1 unspecified atom stereocenters. The van der Waals surface area contributed by atoms with E-state index >= 15 is 0 Å². The monoisotopic (exact) mass is 278 g/mol. The Balaban J connectivity index is 2.25. The Morgan fingerprint density at radius 1 is 1.00 bits per heavy atom. The van der Waals surface area contributed by atoms with Gasteiger partial charge in [0, 0.05) is 0 Å². The molecule has 0 radical (unpaired) electrons. The fraction of sp³-hybridized carbons (Fsp3) is 0.143. The highest BCUT2D eigenvalue weighted by atomic mass is 32.2. The molecule has 0 amide bonds. The van der Waals surface area contributed by atoms with E-state index in [1.165, 1.54) is 6.92 Å². The van der Waals surface area contributed by atoms with Crippen LogP contribution in [0.4, 0.5) is 0 Å². The van der Waals surface area contributed by atoms with Crippen LogP contribution >= 0.6 is 0 Å². The van der Waals surface area contributed by atoms with E-state index in [0.717, 1.165) is 0 Å². The van der Waals surface area contributed by atoms with Gasteiger partial charge in [0.05, 0.1) is 0 Å². The van der Waals surface area contributed by atoms with Crippen molar-refractivity contribution in [3.8, 4) is 11.5 Å². The van der Waals surface area contributed by atoms with Gasteiger partial charge in [-0.15, -0.1) is 0 Å². The van der Waals surface area contributed by atoms with Gasteiger partial charge in [-0.3, -0.25) is 4.55 Å². The Morgan fingerprint density at radius 3 is 2.26 bits per heavy atom. The summed E-state index contributed by atoms with van der Waals surface area (Å²) in [7, 11) is -4.10. The predicted octanol–water partition coefficient (Wildman–Crippen LogP) is 3.43. The molecule has 0 aliphatic carbocycles. The smallest absolute Gasteiger partial charge is 0.271 e. The van der Waals surface area contributed by atoms with Gasteiger partial charge in [-0.1, -0.05) is 30.3 Å². The van der Waals surface area contributed by atoms with Gasteiger partial charge in [-0.25, -0.2) is 0 Å². The van der Waals surface area contributed by atoms with Crippen molar-refractivity contribution in [2.45, 2.75) is 12.2 Å². The van der Waals surface area contributed by atoms with E-state index in [4.69, 9.17) is 9.29 Å². The van der Waals surface area contributed by atoms with Gasteiger partial charge < -0.3 is 4.74 Å². The number of rotatable bonds is 4. The van der Waals surface area contributed by atoms with E-state index in [9.17, 15) is 8.42 Å². The van der Waals surface area contributed by atoms with Crippen LogP contribution in [0, 0.1) is 0 Å². The molecule has 0 aliphatic heterocycles. The van der Waals surface area contributed by atoms with E-state index in [-0.39, 0.29) is 0 Å². The highest BCUT2D eigenvalue weighted by molar-refractivity contribution is 7.86. The molecule has 1 N–H and O–H groups in total. The first-order valence-corrected chi connectivity index (χ1v) is 7.26. The molecule has 19 heavy (non-hydrogen) atoms. The maximum atomic E-state index is 11.1. The Morgan fingerprint density at radius 2 is 1.63 bits per heavy atom. The topological polar surface area (TPSA) is 63.6 Å². The summed E-state index contributed by atoms with van der Waals surface area (Å²) >= 11 is 0. The Labute approximate surface area is 112 Å². The first-order chi connectivity index (χ1) is 8.97. The first-order valence-electron chi connectivity index (χ1n) is 5.76. The number of ether oxygens (including phenoxy) is 1. The maximum absolute atomic E-state index is 11.1. The van der Waals surface area contributed by atoms with Crippen LogP contribution in [-0.2, 0) is 10.1 Å². The molecule has 5 heteroatoms. The molecular weight excluding hydrogens is 264 g/mol. The van der Waals surface area contributed by atoms with Gasteiger partial charge in [0.2, 0.25) is 0 Å². The van der Waals surface area contributed by atoms with Crippen molar-refractivity contribution >= 4 is 10.1 Å². The molecule has 1 atom stereocenters. The quantitative estimate of drug-likeness (QED) is 0.870. The van der Waals surface area contributed by atoms with E-state index in [0.29, 0.717) is 17.1 Å². The van der Waals surface area contributed by atoms with Crippen molar-refractivity contribution in [1.82, 2.24) is 0 Å². The first kappa shape index (κ1) is 13.6. The predicted molar refractivity (Wildman–Crippen MR) is 72.9 cm³/mol. The summed E-state index contributed by atoms with van der Waals surface area (Å²) in [4.78, 5) is 0. The summed E-state index contributed by atoms with van der Waals surface area (Å²) in [6.45, 7) is 1.43. The van der Waals surface area contributed by atoms with Gasteiger partial charge >= 0.3 is 0 Å². The highest BCUT2D eigenvalue weighted by Gasteiger charge is 2.19. The molecule has 2 rings (SSSR count). The summed E-state index contributed by atoms with van der Waals surface area (Å²) in [5, 5.41) is -0.980. The summed E-state index contributed by atoms with van der Waals surface area (Å²) < 4.78 is 36.9. The van der Waals surface area contributed by atoms with Gasteiger partial charge in [-0.05, 0) is 36.8 Å². The van der Waals surface area contributed by atoms with Gasteiger partial charge in [0.15, 0.2) is 0 Å². The van der Waals surface area contributed by atoms with Crippen LogP contribution in [0.5, 0.6) is 11.5 Å². The van der Waals surface area contributed by atoms with Crippen LogP contribution in [0.1, 0.15) is 17.7 Å². The molecule has 2 aromatic carbocycles. The lowest BCUT2D eigenvalue weighted by Crippen LogP contribution is -2.08. The van der Waals surface area contributed by atoms with Crippen molar-refractivity contribution < 1.29 is 17.7 Å². The van der Waals surface area contributed by atoms with E-state index < -0.39 is 15.4 Å². The number of hydrogen-bond acceptors (Lipinski definition) is 3. The zero-order chi connectivity index (χ0) is 13.9. The molecule has 0 heterocycles. The third-order valence-electron chi connectivity index (χ3n) is 2.75. The second-order valence-electron chi connectivity index (χ2n) is 4.14. The fourth-order valence-corrected chi connectivity index (χ4v) is 2.12. The van der Waals surface area contributed by atoms with E-state index in [1.807, 2.05) is 18.2 Å². The van der Waals surface area contributed by atoms with Crippen LogP contribution in [-0.4, -0.2) is 13.0 Å². The van der Waals surface area contributed by atoms with Crippen LogP contribution in [0.25, 0.3) is 0 Å². The zero-order valence-electron chi connectivity index (χ0n) is 10.4. The zero-order valence-corrected chi connectivity index (χ0v) is 11.2. The van der Waals surface area contributed by atoms with Crippen LogP contribution in [0.3, 0.4) is 0 Å². The molecule has 4 nitrogen and oxygen atoms in total. The van der Waals surface area contributed by atoms with Crippen LogP contribution in [0.15, 0.2) is 54.6 Å². The minimum atomic E-state index is -4.10. The second kappa shape index (κ2) is 5.42. The van der Waals surface area contributed by atoms with Gasteiger partial charge in [0.1, 0.15) is 16.7 Å². The minimum Gasteiger partial charge on any atom is -0.457 e. The fourth-order valence-electron chi connectivity index (χ4n) is 1.63. The van der Waals surface area contributed by atoms with Crippen molar-refractivity contribution in [2.75, 3.05) is 0 Å². The summed E-state index contributed by atoms with van der Waals surface area (Å²) in [6, 6.07) is 15.8. The average Bonchev–Trinajstić information content (AvgIpc) is 2.38. The number of hydrogen-bond donors (Lipinski definition) is 1. The van der Waals surface area contributed by atoms with Crippen LogP contribution in [0.2, 0.25) is 0 Å². The lowest BCUT2D eigenvalue weighted by molar-refractivity contribution is 0.470. The second-order valence-corrected chi connectivity index (χ2v) is 5.88. The molecule has 2 aromatic rings.